The number of benzene rings is 4. The van der Waals surface area contributed by atoms with Crippen molar-refractivity contribution in [2.24, 2.45) is 0 Å². The Balaban J connectivity index is 1.36. The van der Waals surface area contributed by atoms with Crippen LogP contribution in [0, 0.1) is 0 Å². The summed E-state index contributed by atoms with van der Waals surface area (Å²) in [5, 5.41) is 10.5. The molecule has 1 unspecified atom stereocenters. The molecule has 0 saturated heterocycles. The van der Waals surface area contributed by atoms with Crippen LogP contribution in [-0.2, 0) is 14.3 Å². The van der Waals surface area contributed by atoms with Gasteiger partial charge < -0.3 is 14.6 Å². The normalized spacial score (nSPS) is 14.2. The maximum absolute atomic E-state index is 14.5. The van der Waals surface area contributed by atoms with Gasteiger partial charge in [0.15, 0.2) is 24.9 Å². The first-order valence-corrected chi connectivity index (χ1v) is 12.9. The Bertz CT molecular complexity index is 1310. The molecule has 4 aromatic carbocycles. The van der Waals surface area contributed by atoms with Crippen LogP contribution in [0.1, 0.15) is 22.2 Å². The molecule has 5 nitrogen and oxygen atoms in total. The van der Waals surface area contributed by atoms with Crippen LogP contribution >= 0.6 is 15.9 Å². The second-order valence-corrected chi connectivity index (χ2v) is 9.76. The van der Waals surface area contributed by atoms with Gasteiger partial charge in [0.1, 0.15) is 0 Å². The monoisotopic (exact) mass is 576 g/mol. The Labute approximate surface area is 229 Å². The van der Waals surface area contributed by atoms with E-state index >= 15 is 0 Å². The van der Waals surface area contributed by atoms with E-state index in [2.05, 4.69) is 15.9 Å². The van der Waals surface area contributed by atoms with E-state index in [1.165, 1.54) is 0 Å². The van der Waals surface area contributed by atoms with Gasteiger partial charge in [-0.05, 0) is 34.4 Å². The minimum atomic E-state index is -2.09. The third-order valence-electron chi connectivity index (χ3n) is 5.99. The fourth-order valence-corrected chi connectivity index (χ4v) is 4.43. The van der Waals surface area contributed by atoms with Crippen molar-refractivity contribution in [3.63, 3.8) is 0 Å². The number of aliphatic hydroxyl groups is 1. The maximum atomic E-state index is 14.5. The van der Waals surface area contributed by atoms with E-state index in [0.717, 1.165) is 22.3 Å². The summed E-state index contributed by atoms with van der Waals surface area (Å²) in [6.45, 7) is -0.221. The zero-order valence-corrected chi connectivity index (χ0v) is 21.9. The van der Waals surface area contributed by atoms with Gasteiger partial charge in [-0.15, -0.1) is 0 Å². The minimum absolute atomic E-state index is 0.0729. The van der Waals surface area contributed by atoms with Crippen molar-refractivity contribution >= 4 is 28.2 Å². The number of aldehydes is 1. The van der Waals surface area contributed by atoms with Crippen LogP contribution in [0.5, 0.6) is 0 Å². The highest BCUT2D eigenvalue weighted by Gasteiger charge is 2.33. The van der Waals surface area contributed by atoms with Gasteiger partial charge in [-0.25, -0.2) is 9.18 Å². The number of carbonyl (C=O) groups excluding carboxylic acids is 2. The minimum Gasteiger partial charge on any atom is -0.454 e. The molecule has 0 bridgehead atoms. The topological polar surface area (TPSA) is 72.8 Å². The highest BCUT2D eigenvalue weighted by Crippen LogP contribution is 2.25. The first kappa shape index (κ1) is 27.4. The van der Waals surface area contributed by atoms with Crippen LogP contribution in [0.15, 0.2) is 109 Å². The molecule has 0 fully saturated rings. The zero-order chi connectivity index (χ0) is 26.9. The van der Waals surface area contributed by atoms with Crippen LogP contribution in [0.2, 0.25) is 0 Å². The molecule has 0 spiro atoms. The molecule has 0 radical (unpaired) electrons. The van der Waals surface area contributed by atoms with Crippen molar-refractivity contribution in [1.29, 1.82) is 0 Å². The van der Waals surface area contributed by atoms with E-state index in [0.29, 0.717) is 5.56 Å². The number of hydrogen-bond donors (Lipinski definition) is 1. The van der Waals surface area contributed by atoms with Crippen LogP contribution in [-0.4, -0.2) is 41.1 Å². The lowest BCUT2D eigenvalue weighted by Crippen LogP contribution is -2.39. The van der Waals surface area contributed by atoms with E-state index in [1.54, 1.807) is 36.4 Å². The van der Waals surface area contributed by atoms with Crippen LogP contribution in [0.25, 0.3) is 22.3 Å². The van der Waals surface area contributed by atoms with Crippen molar-refractivity contribution in [3.8, 4) is 22.3 Å². The lowest BCUT2D eigenvalue weighted by Gasteiger charge is -2.24. The summed E-state index contributed by atoms with van der Waals surface area (Å²) in [4.78, 5) is 23.0. The van der Waals surface area contributed by atoms with E-state index in [9.17, 15) is 19.1 Å². The number of carbonyl (C=O) groups is 2. The summed E-state index contributed by atoms with van der Waals surface area (Å²) >= 11 is 3.26. The van der Waals surface area contributed by atoms with Gasteiger partial charge in [-0.2, -0.15) is 0 Å². The molecular weight excluding hydrogens is 551 g/mol. The van der Waals surface area contributed by atoms with Crippen molar-refractivity contribution in [2.45, 2.75) is 23.4 Å². The lowest BCUT2D eigenvalue weighted by molar-refractivity contribution is -0.120. The quantitative estimate of drug-likeness (QED) is 0.0947. The molecule has 0 saturated carbocycles. The smallest absolute Gasteiger partial charge is 0.338 e. The largest absolute Gasteiger partial charge is 0.454 e. The molecule has 0 aromatic heterocycles. The van der Waals surface area contributed by atoms with Crippen molar-refractivity contribution < 1.29 is 28.6 Å². The summed E-state index contributed by atoms with van der Waals surface area (Å²) < 4.78 is 25.3. The Hall–Kier alpha value is -3.65. The number of ether oxygens (including phenoxy) is 2. The molecule has 0 amide bonds. The average molecular weight is 577 g/mol. The summed E-state index contributed by atoms with van der Waals surface area (Å²) in [6, 6.07) is 33.3. The lowest BCUT2D eigenvalue weighted by atomic mass is 10.0. The Kier molecular flexibility index (Phi) is 9.54. The number of rotatable bonds is 11. The number of hydrogen-bond acceptors (Lipinski definition) is 5. The molecular formula is C31H26BrFO5. The Morgan fingerprint density at radius 3 is 1.76 bits per heavy atom. The highest BCUT2D eigenvalue weighted by molar-refractivity contribution is 9.09. The third-order valence-corrected chi connectivity index (χ3v) is 6.77. The fourth-order valence-electron chi connectivity index (χ4n) is 3.88. The molecule has 4 rings (SSSR count). The number of alkyl halides is 2. The molecule has 0 aliphatic rings. The molecule has 7 heteroatoms. The standard InChI is InChI=1S/C31H26BrFO5/c32-27(20-37-30(35)25-15-11-23(12-16-25)21-7-3-1-4-8-21)29(28(33)19-34)38-31(36)26-17-13-24(14-18-26)22-9-5-2-6-10-22/h1-19,27-30,35H,20H2/t27-,28+,29+,30?/m0/s1. The van der Waals surface area contributed by atoms with E-state index in [1.807, 2.05) is 72.8 Å². The molecule has 0 aliphatic heterocycles. The summed E-state index contributed by atoms with van der Waals surface area (Å²) in [7, 11) is 0. The summed E-state index contributed by atoms with van der Waals surface area (Å²) in [5.41, 5.74) is 4.64. The van der Waals surface area contributed by atoms with Crippen LogP contribution in [0.4, 0.5) is 4.39 Å². The molecule has 4 aromatic rings. The van der Waals surface area contributed by atoms with Crippen molar-refractivity contribution in [1.82, 2.24) is 0 Å². The molecule has 0 heterocycles. The number of esters is 1. The number of halogens is 2. The van der Waals surface area contributed by atoms with Gasteiger partial charge in [0.25, 0.3) is 0 Å². The first-order chi connectivity index (χ1) is 18.5. The van der Waals surface area contributed by atoms with Crippen LogP contribution in [0.3, 0.4) is 0 Å². The maximum Gasteiger partial charge on any atom is 0.338 e. The van der Waals surface area contributed by atoms with Gasteiger partial charge in [0, 0.05) is 5.56 Å². The van der Waals surface area contributed by atoms with Crippen molar-refractivity contribution in [2.75, 3.05) is 6.61 Å². The van der Waals surface area contributed by atoms with Crippen molar-refractivity contribution in [3.05, 3.63) is 120 Å². The molecule has 0 aliphatic carbocycles. The summed E-state index contributed by atoms with van der Waals surface area (Å²) in [5.74, 6) is -0.777. The SMILES string of the molecule is O=C[C@@H](F)[C@H](OC(=O)c1ccc(-c2ccccc2)cc1)[C@@H](Br)COC(O)c1ccc(-c2ccccc2)cc1. The molecule has 194 valence electrons. The van der Waals surface area contributed by atoms with Crippen LogP contribution < -0.4 is 0 Å². The van der Waals surface area contributed by atoms with Gasteiger partial charge in [0.2, 0.25) is 0 Å². The Morgan fingerprint density at radius 1 is 0.789 bits per heavy atom. The van der Waals surface area contributed by atoms with Gasteiger partial charge in [0.05, 0.1) is 17.0 Å². The second-order valence-electron chi connectivity index (χ2n) is 8.58. The molecule has 4 atom stereocenters. The average Bonchev–Trinajstić information content (AvgIpc) is 2.99. The predicted molar refractivity (Wildman–Crippen MR) is 148 cm³/mol. The highest BCUT2D eigenvalue weighted by atomic mass is 79.9. The van der Waals surface area contributed by atoms with E-state index < -0.39 is 29.4 Å². The summed E-state index contributed by atoms with van der Waals surface area (Å²) in [6.07, 6.45) is -4.76. The van der Waals surface area contributed by atoms with Gasteiger partial charge in [-0.3, -0.25) is 4.79 Å². The number of aliphatic hydroxyl groups excluding tert-OH is 1. The fraction of sp³-hybridized carbons (Fsp3) is 0.161. The molecule has 38 heavy (non-hydrogen) atoms. The molecule has 1 N–H and O–H groups in total. The second kappa shape index (κ2) is 13.2. The zero-order valence-electron chi connectivity index (χ0n) is 20.3. The Morgan fingerprint density at radius 2 is 1.26 bits per heavy atom. The first-order valence-electron chi connectivity index (χ1n) is 12.0. The van der Waals surface area contributed by atoms with Gasteiger partial charge in [-0.1, -0.05) is 113 Å². The van der Waals surface area contributed by atoms with Gasteiger partial charge >= 0.3 is 5.97 Å². The predicted octanol–water partition coefficient (Wildman–Crippen LogP) is 6.55. The third kappa shape index (κ3) is 7.01. The van der Waals surface area contributed by atoms with E-state index in [-0.39, 0.29) is 18.5 Å². The van der Waals surface area contributed by atoms with E-state index in [4.69, 9.17) is 9.47 Å².